The van der Waals surface area contributed by atoms with Crippen LogP contribution in [-0.2, 0) is 11.3 Å². The molecule has 0 fully saturated rings. The highest BCUT2D eigenvalue weighted by Gasteiger charge is 2.26. The van der Waals surface area contributed by atoms with Crippen LogP contribution in [0.25, 0.3) is 22.0 Å². The number of pyridine rings is 1. The molecule has 3 aromatic carbocycles. The zero-order valence-corrected chi connectivity index (χ0v) is 20.8. The summed E-state index contributed by atoms with van der Waals surface area (Å²) in [5, 5.41) is 11.9. The van der Waals surface area contributed by atoms with Gasteiger partial charge in [0.15, 0.2) is 0 Å². The third kappa shape index (κ3) is 5.58. The molecule has 5 heteroatoms. The summed E-state index contributed by atoms with van der Waals surface area (Å²) in [7, 11) is 0. The van der Waals surface area contributed by atoms with Gasteiger partial charge >= 0.3 is 0 Å². The van der Waals surface area contributed by atoms with Crippen molar-refractivity contribution in [2.24, 2.45) is 0 Å². The lowest BCUT2D eigenvalue weighted by atomic mass is 9.88. The molecule has 0 aliphatic rings. The third-order valence-corrected chi connectivity index (χ3v) is 5.81. The van der Waals surface area contributed by atoms with Crippen molar-refractivity contribution in [1.29, 1.82) is 0 Å². The van der Waals surface area contributed by atoms with Crippen LogP contribution in [0.4, 0.5) is 0 Å². The summed E-state index contributed by atoms with van der Waals surface area (Å²) in [6, 6.07) is 23.7. The maximum atomic E-state index is 10.3. The SMILES string of the molecule is Cc1cc2nc(OCc3ccccc3)ccc2c(-c2ccc(Cl)cc2)c1[C@@H](CO)OC(C)(C)C. The number of fused-ring (bicyclic) bond motifs is 1. The van der Waals surface area contributed by atoms with Gasteiger partial charge in [-0.25, -0.2) is 4.98 Å². The molecule has 4 aromatic rings. The summed E-state index contributed by atoms with van der Waals surface area (Å²) in [6.45, 7) is 8.33. The van der Waals surface area contributed by atoms with E-state index in [9.17, 15) is 5.11 Å². The maximum absolute atomic E-state index is 10.3. The number of hydrogen-bond donors (Lipinski definition) is 1. The molecule has 0 spiro atoms. The fourth-order valence-corrected chi connectivity index (χ4v) is 4.30. The molecule has 0 saturated carbocycles. The van der Waals surface area contributed by atoms with E-state index in [1.807, 2.05) is 100 Å². The largest absolute Gasteiger partial charge is 0.473 e. The lowest BCUT2D eigenvalue weighted by Gasteiger charge is -2.30. The fraction of sp³-hybridized carbons (Fsp3) is 0.276. The van der Waals surface area contributed by atoms with E-state index in [-0.39, 0.29) is 6.61 Å². The van der Waals surface area contributed by atoms with Crippen molar-refractivity contribution in [2.75, 3.05) is 6.61 Å². The average Bonchev–Trinajstić information content (AvgIpc) is 2.81. The summed E-state index contributed by atoms with van der Waals surface area (Å²) < 4.78 is 12.3. The van der Waals surface area contributed by atoms with E-state index in [4.69, 9.17) is 26.1 Å². The van der Waals surface area contributed by atoms with Crippen molar-refractivity contribution in [1.82, 2.24) is 4.98 Å². The lowest BCUT2D eigenvalue weighted by molar-refractivity contribution is -0.0821. The molecule has 4 rings (SSSR count). The van der Waals surface area contributed by atoms with Crippen LogP contribution in [0.1, 0.15) is 43.6 Å². The summed E-state index contributed by atoms with van der Waals surface area (Å²) in [5.74, 6) is 0.565. The Labute approximate surface area is 206 Å². The second kappa shape index (κ2) is 10.1. The topological polar surface area (TPSA) is 51.6 Å². The van der Waals surface area contributed by atoms with E-state index in [1.165, 1.54) is 0 Å². The van der Waals surface area contributed by atoms with Crippen molar-refractivity contribution in [2.45, 2.75) is 46.0 Å². The van der Waals surface area contributed by atoms with Crippen LogP contribution in [0.15, 0.2) is 72.8 Å². The van der Waals surface area contributed by atoms with Gasteiger partial charge in [-0.05, 0) is 79.8 Å². The number of nitrogens with zero attached hydrogens (tertiary/aromatic N) is 1. The molecule has 0 unspecified atom stereocenters. The minimum absolute atomic E-state index is 0.129. The highest BCUT2D eigenvalue weighted by atomic mass is 35.5. The van der Waals surface area contributed by atoms with Gasteiger partial charge < -0.3 is 14.6 Å². The summed E-state index contributed by atoms with van der Waals surface area (Å²) >= 11 is 6.18. The molecule has 0 saturated heterocycles. The second-order valence-electron chi connectivity index (χ2n) is 9.38. The van der Waals surface area contributed by atoms with Gasteiger partial charge in [0, 0.05) is 16.5 Å². The van der Waals surface area contributed by atoms with E-state index < -0.39 is 11.7 Å². The molecule has 0 amide bonds. The quantitative estimate of drug-likeness (QED) is 0.305. The standard InChI is InChI=1S/C29H30ClNO3/c1-19-16-24-23(14-15-26(31-24)33-18-20-8-6-5-7-9-20)28(21-10-12-22(30)13-11-21)27(19)25(17-32)34-29(2,3)4/h5-16,25,32H,17-18H2,1-4H3/t25-/m1/s1. The summed E-state index contributed by atoms with van der Waals surface area (Å²) in [6.07, 6.45) is -0.482. The lowest BCUT2D eigenvalue weighted by Crippen LogP contribution is -2.25. The first-order valence-electron chi connectivity index (χ1n) is 11.4. The van der Waals surface area contributed by atoms with Crippen LogP contribution < -0.4 is 4.74 Å². The molecule has 0 radical (unpaired) electrons. The first-order valence-corrected chi connectivity index (χ1v) is 11.8. The number of rotatable bonds is 7. The van der Waals surface area contributed by atoms with Crippen LogP contribution in [0.5, 0.6) is 5.88 Å². The van der Waals surface area contributed by atoms with Crippen molar-refractivity contribution in [3.8, 4) is 17.0 Å². The zero-order chi connectivity index (χ0) is 24.3. The second-order valence-corrected chi connectivity index (χ2v) is 9.82. The van der Waals surface area contributed by atoms with E-state index in [1.54, 1.807) is 0 Å². The molecular formula is C29H30ClNO3. The number of aromatic nitrogens is 1. The van der Waals surface area contributed by atoms with Crippen molar-refractivity contribution < 1.29 is 14.6 Å². The Kier molecular flexibility index (Phi) is 7.22. The van der Waals surface area contributed by atoms with Crippen LogP contribution in [-0.4, -0.2) is 22.3 Å². The first kappa shape index (κ1) is 24.2. The van der Waals surface area contributed by atoms with E-state index in [0.717, 1.165) is 38.7 Å². The number of halogens is 1. The normalized spacial score (nSPS) is 12.6. The number of aliphatic hydroxyl groups excluding tert-OH is 1. The first-order chi connectivity index (χ1) is 16.2. The Morgan fingerprint density at radius 2 is 1.68 bits per heavy atom. The highest BCUT2D eigenvalue weighted by molar-refractivity contribution is 6.30. The number of aryl methyl sites for hydroxylation is 1. The van der Waals surface area contributed by atoms with E-state index in [2.05, 4.69) is 0 Å². The maximum Gasteiger partial charge on any atom is 0.214 e. The van der Waals surface area contributed by atoms with Crippen LogP contribution in [0.2, 0.25) is 5.02 Å². The molecule has 0 aliphatic heterocycles. The number of ether oxygens (including phenoxy) is 2. The van der Waals surface area contributed by atoms with E-state index >= 15 is 0 Å². The van der Waals surface area contributed by atoms with Gasteiger partial charge in [0.1, 0.15) is 12.7 Å². The van der Waals surface area contributed by atoms with Gasteiger partial charge in [-0.3, -0.25) is 0 Å². The van der Waals surface area contributed by atoms with Crippen molar-refractivity contribution >= 4 is 22.5 Å². The van der Waals surface area contributed by atoms with Crippen LogP contribution in [0.3, 0.4) is 0 Å². The average molecular weight is 476 g/mol. The van der Waals surface area contributed by atoms with Gasteiger partial charge in [0.05, 0.1) is 17.7 Å². The number of hydrogen-bond acceptors (Lipinski definition) is 4. The third-order valence-electron chi connectivity index (χ3n) is 5.56. The minimum Gasteiger partial charge on any atom is -0.473 e. The van der Waals surface area contributed by atoms with Crippen molar-refractivity contribution in [3.05, 3.63) is 94.5 Å². The Bertz CT molecular complexity index is 1260. The molecule has 176 valence electrons. The highest BCUT2D eigenvalue weighted by Crippen LogP contribution is 2.40. The number of benzene rings is 3. The zero-order valence-electron chi connectivity index (χ0n) is 20.0. The molecule has 4 nitrogen and oxygen atoms in total. The smallest absolute Gasteiger partial charge is 0.214 e. The Morgan fingerprint density at radius 3 is 2.32 bits per heavy atom. The van der Waals surface area contributed by atoms with Crippen LogP contribution >= 0.6 is 11.6 Å². The summed E-state index contributed by atoms with van der Waals surface area (Å²) in [5.41, 5.74) is 5.41. The van der Waals surface area contributed by atoms with Gasteiger partial charge in [0.25, 0.3) is 0 Å². The molecule has 1 heterocycles. The minimum atomic E-state index is -0.482. The van der Waals surface area contributed by atoms with Gasteiger partial charge in [-0.15, -0.1) is 0 Å². The Morgan fingerprint density at radius 1 is 0.971 bits per heavy atom. The molecule has 0 aliphatic carbocycles. The predicted octanol–water partition coefficient (Wildman–Crippen LogP) is 7.29. The van der Waals surface area contributed by atoms with Gasteiger partial charge in [-0.1, -0.05) is 54.1 Å². The summed E-state index contributed by atoms with van der Waals surface area (Å²) in [4.78, 5) is 4.80. The van der Waals surface area contributed by atoms with Crippen molar-refractivity contribution in [3.63, 3.8) is 0 Å². The Hall–Kier alpha value is -2.92. The van der Waals surface area contributed by atoms with Crippen LogP contribution in [0, 0.1) is 6.92 Å². The Balaban J connectivity index is 1.83. The molecule has 1 aromatic heterocycles. The molecule has 34 heavy (non-hydrogen) atoms. The van der Waals surface area contributed by atoms with E-state index in [0.29, 0.717) is 17.5 Å². The molecule has 0 bridgehead atoms. The molecule has 1 N–H and O–H groups in total. The monoisotopic (exact) mass is 475 g/mol. The molecule has 1 atom stereocenters. The van der Waals surface area contributed by atoms with Gasteiger partial charge in [0.2, 0.25) is 5.88 Å². The molecular weight excluding hydrogens is 446 g/mol. The predicted molar refractivity (Wildman–Crippen MR) is 138 cm³/mol. The van der Waals surface area contributed by atoms with Gasteiger partial charge in [-0.2, -0.15) is 0 Å². The fourth-order valence-electron chi connectivity index (χ4n) is 4.17. The number of aliphatic hydroxyl groups is 1.